The molecule has 1 aromatic carbocycles. The number of carbonyl (C=O) groups is 2. The molecule has 1 unspecified atom stereocenters. The number of amides is 1. The van der Waals surface area contributed by atoms with Crippen molar-refractivity contribution in [2.24, 2.45) is 5.41 Å². The first-order valence-corrected chi connectivity index (χ1v) is 10.1. The third-order valence-corrected chi connectivity index (χ3v) is 6.28. The summed E-state index contributed by atoms with van der Waals surface area (Å²) in [6.45, 7) is 5.77. The summed E-state index contributed by atoms with van der Waals surface area (Å²) in [6, 6.07) is 5.84. The highest BCUT2D eigenvalue weighted by molar-refractivity contribution is 5.81. The fourth-order valence-corrected chi connectivity index (χ4v) is 4.27. The number of ether oxygens (including phenoxy) is 2. The van der Waals surface area contributed by atoms with Gasteiger partial charge in [-0.25, -0.2) is 4.98 Å². The number of likely N-dealkylation sites (tertiary alicyclic amines) is 1. The van der Waals surface area contributed by atoms with Crippen molar-refractivity contribution in [2.45, 2.75) is 45.8 Å². The van der Waals surface area contributed by atoms with E-state index in [1.807, 2.05) is 42.8 Å². The molecule has 0 N–H and O–H groups in total. The Balaban J connectivity index is 1.30. The maximum absolute atomic E-state index is 12.6. The number of benzene rings is 1. The van der Waals surface area contributed by atoms with Crippen LogP contribution >= 0.6 is 0 Å². The molecule has 1 amide bonds. The van der Waals surface area contributed by atoms with Crippen LogP contribution in [0.1, 0.15) is 30.4 Å². The number of cyclic esters (lactones) is 1. The van der Waals surface area contributed by atoms with Crippen molar-refractivity contribution >= 4 is 11.9 Å². The summed E-state index contributed by atoms with van der Waals surface area (Å²) in [5.41, 5.74) is 1.73. The van der Waals surface area contributed by atoms with E-state index in [0.717, 1.165) is 16.9 Å². The van der Waals surface area contributed by atoms with E-state index in [2.05, 4.69) is 4.98 Å². The van der Waals surface area contributed by atoms with E-state index >= 15 is 0 Å². The van der Waals surface area contributed by atoms with Crippen LogP contribution in [0.2, 0.25) is 0 Å². The van der Waals surface area contributed by atoms with Gasteiger partial charge >= 0.3 is 5.97 Å². The summed E-state index contributed by atoms with van der Waals surface area (Å²) in [5.74, 6) is 0.581. The molecule has 2 saturated heterocycles. The van der Waals surface area contributed by atoms with Gasteiger partial charge in [-0.3, -0.25) is 9.59 Å². The Morgan fingerprint density at radius 2 is 2.10 bits per heavy atom. The van der Waals surface area contributed by atoms with Gasteiger partial charge in [0.25, 0.3) is 5.91 Å². The van der Waals surface area contributed by atoms with Crippen LogP contribution in [0, 0.1) is 19.3 Å². The van der Waals surface area contributed by atoms with Gasteiger partial charge in [0, 0.05) is 31.9 Å². The van der Waals surface area contributed by atoms with Crippen molar-refractivity contribution in [3.63, 3.8) is 0 Å². The van der Waals surface area contributed by atoms with Crippen LogP contribution in [0.3, 0.4) is 0 Å². The number of esters is 1. The predicted molar refractivity (Wildman–Crippen MR) is 106 cm³/mol. The molecule has 2 aromatic rings. The van der Waals surface area contributed by atoms with E-state index in [1.54, 1.807) is 17.4 Å². The highest BCUT2D eigenvalue weighted by atomic mass is 16.6. The maximum atomic E-state index is 12.6. The number of piperidine rings is 1. The van der Waals surface area contributed by atoms with Gasteiger partial charge in [-0.05, 0) is 43.9 Å². The first-order valence-electron chi connectivity index (χ1n) is 10.1. The minimum atomic E-state index is -0.462. The SMILES string of the molecule is Cc1cccc(OCC(=O)N2CCC3(CC2)CC(Cn2ccnc2)OC3=O)c1C. The Morgan fingerprint density at radius 1 is 1.31 bits per heavy atom. The molecular formula is C22H27N3O4. The lowest BCUT2D eigenvalue weighted by atomic mass is 9.76. The van der Waals surface area contributed by atoms with Crippen LogP contribution in [-0.2, 0) is 20.9 Å². The average molecular weight is 397 g/mol. The predicted octanol–water partition coefficient (Wildman–Crippen LogP) is 2.50. The molecule has 0 bridgehead atoms. The topological polar surface area (TPSA) is 73.7 Å². The summed E-state index contributed by atoms with van der Waals surface area (Å²) in [7, 11) is 0. The first-order chi connectivity index (χ1) is 14.0. The lowest BCUT2D eigenvalue weighted by Crippen LogP contribution is -2.46. The van der Waals surface area contributed by atoms with Crippen LogP contribution < -0.4 is 4.74 Å². The average Bonchev–Trinajstić information content (AvgIpc) is 3.32. The van der Waals surface area contributed by atoms with Crippen LogP contribution in [0.5, 0.6) is 5.75 Å². The highest BCUT2D eigenvalue weighted by Gasteiger charge is 2.50. The van der Waals surface area contributed by atoms with Crippen molar-refractivity contribution < 1.29 is 19.1 Å². The molecule has 1 spiro atoms. The molecule has 154 valence electrons. The minimum absolute atomic E-state index is 0.0188. The maximum Gasteiger partial charge on any atom is 0.312 e. The lowest BCUT2D eigenvalue weighted by Gasteiger charge is -2.36. The molecule has 1 atom stereocenters. The van der Waals surface area contributed by atoms with Gasteiger partial charge in [0.05, 0.1) is 18.3 Å². The van der Waals surface area contributed by atoms with E-state index in [1.165, 1.54) is 0 Å². The van der Waals surface area contributed by atoms with Crippen LogP contribution in [0.15, 0.2) is 36.9 Å². The molecule has 0 radical (unpaired) electrons. The summed E-state index contributed by atoms with van der Waals surface area (Å²) in [5, 5.41) is 0. The summed E-state index contributed by atoms with van der Waals surface area (Å²) in [6.07, 6.45) is 7.17. The Hall–Kier alpha value is -2.83. The zero-order valence-electron chi connectivity index (χ0n) is 17.0. The Kier molecular flexibility index (Phi) is 5.30. The van der Waals surface area contributed by atoms with Crippen LogP contribution in [-0.4, -0.2) is 52.1 Å². The number of nitrogens with zero attached hydrogens (tertiary/aromatic N) is 3. The molecule has 1 aromatic heterocycles. The molecule has 3 heterocycles. The second-order valence-corrected chi connectivity index (χ2v) is 8.14. The van der Waals surface area contributed by atoms with Gasteiger partial charge in [-0.15, -0.1) is 0 Å². The second kappa shape index (κ2) is 7.89. The number of aromatic nitrogens is 2. The molecule has 0 aliphatic carbocycles. The lowest BCUT2D eigenvalue weighted by molar-refractivity contribution is -0.153. The van der Waals surface area contributed by atoms with Gasteiger partial charge < -0.3 is 18.9 Å². The van der Waals surface area contributed by atoms with Gasteiger partial charge in [-0.1, -0.05) is 12.1 Å². The van der Waals surface area contributed by atoms with Crippen molar-refractivity contribution in [3.05, 3.63) is 48.0 Å². The third-order valence-electron chi connectivity index (χ3n) is 6.28. The standard InChI is InChI=1S/C22H27N3O4/c1-16-4-3-5-19(17(16)2)28-14-20(26)25-9-6-22(7-10-25)12-18(29-21(22)27)13-24-11-8-23-15-24/h3-5,8,11,15,18H,6-7,9-10,12-14H2,1-2H3. The molecule has 29 heavy (non-hydrogen) atoms. The van der Waals surface area contributed by atoms with Crippen molar-refractivity contribution in [2.75, 3.05) is 19.7 Å². The van der Waals surface area contributed by atoms with E-state index in [-0.39, 0.29) is 24.6 Å². The first kappa shape index (κ1) is 19.5. The second-order valence-electron chi connectivity index (χ2n) is 8.14. The van der Waals surface area contributed by atoms with Crippen LogP contribution in [0.4, 0.5) is 0 Å². The van der Waals surface area contributed by atoms with E-state index in [4.69, 9.17) is 9.47 Å². The zero-order valence-corrected chi connectivity index (χ0v) is 17.0. The van der Waals surface area contributed by atoms with Crippen LogP contribution in [0.25, 0.3) is 0 Å². The Labute approximate surface area is 170 Å². The number of rotatable bonds is 5. The van der Waals surface area contributed by atoms with E-state index < -0.39 is 5.41 Å². The van der Waals surface area contributed by atoms with Crippen molar-refractivity contribution in [1.82, 2.24) is 14.5 Å². The summed E-state index contributed by atoms with van der Waals surface area (Å²) >= 11 is 0. The summed E-state index contributed by atoms with van der Waals surface area (Å²) in [4.78, 5) is 31.0. The molecule has 7 heteroatoms. The van der Waals surface area contributed by atoms with E-state index in [0.29, 0.717) is 38.9 Å². The van der Waals surface area contributed by atoms with Gasteiger partial charge in [-0.2, -0.15) is 0 Å². The van der Waals surface area contributed by atoms with Crippen molar-refractivity contribution in [1.29, 1.82) is 0 Å². The number of hydrogen-bond acceptors (Lipinski definition) is 5. The molecular weight excluding hydrogens is 370 g/mol. The monoisotopic (exact) mass is 397 g/mol. The number of hydrogen-bond donors (Lipinski definition) is 0. The number of carbonyl (C=O) groups excluding carboxylic acids is 2. The normalized spacial score (nSPS) is 20.7. The zero-order chi connectivity index (χ0) is 20.4. The van der Waals surface area contributed by atoms with Gasteiger partial charge in [0.2, 0.25) is 0 Å². The molecule has 2 aliphatic rings. The number of aryl methyl sites for hydroxylation is 1. The van der Waals surface area contributed by atoms with E-state index in [9.17, 15) is 9.59 Å². The van der Waals surface area contributed by atoms with Crippen molar-refractivity contribution in [3.8, 4) is 5.75 Å². The minimum Gasteiger partial charge on any atom is -0.483 e. The molecule has 4 rings (SSSR count). The fourth-order valence-electron chi connectivity index (χ4n) is 4.27. The number of imidazole rings is 1. The van der Waals surface area contributed by atoms with Gasteiger partial charge in [0.15, 0.2) is 6.61 Å². The third kappa shape index (κ3) is 3.99. The Morgan fingerprint density at radius 3 is 2.83 bits per heavy atom. The smallest absolute Gasteiger partial charge is 0.312 e. The largest absolute Gasteiger partial charge is 0.483 e. The summed E-state index contributed by atoms with van der Waals surface area (Å²) < 4.78 is 13.3. The molecule has 0 saturated carbocycles. The molecule has 2 aliphatic heterocycles. The quantitative estimate of drug-likeness (QED) is 0.725. The fraction of sp³-hybridized carbons (Fsp3) is 0.500. The molecule has 2 fully saturated rings. The highest BCUT2D eigenvalue weighted by Crippen LogP contribution is 2.43. The molecule has 7 nitrogen and oxygen atoms in total. The Bertz CT molecular complexity index is 885. The van der Waals surface area contributed by atoms with Gasteiger partial charge in [0.1, 0.15) is 11.9 Å².